The van der Waals surface area contributed by atoms with Gasteiger partial charge in [-0.2, -0.15) is 0 Å². The van der Waals surface area contributed by atoms with E-state index in [0.29, 0.717) is 19.4 Å². The zero-order chi connectivity index (χ0) is 15.0. The minimum atomic E-state index is -1.02. The highest BCUT2D eigenvalue weighted by atomic mass is 16.7. The minimum Gasteiger partial charge on any atom is -0.463 e. The highest BCUT2D eigenvalue weighted by Crippen LogP contribution is 2.58. The van der Waals surface area contributed by atoms with Crippen molar-refractivity contribution in [3.63, 3.8) is 0 Å². The van der Waals surface area contributed by atoms with Crippen molar-refractivity contribution in [2.45, 2.75) is 59.0 Å². The number of hydrogen-bond acceptors (Lipinski definition) is 4. The predicted octanol–water partition coefficient (Wildman–Crippen LogP) is 2.91. The Morgan fingerprint density at radius 3 is 2.75 bits per heavy atom. The maximum atomic E-state index is 12.5. The lowest BCUT2D eigenvalue weighted by Gasteiger charge is -2.38. The van der Waals surface area contributed by atoms with Crippen LogP contribution in [0.1, 0.15) is 53.4 Å². The molecule has 1 saturated carbocycles. The van der Waals surface area contributed by atoms with Crippen LogP contribution in [0, 0.1) is 23.2 Å². The summed E-state index contributed by atoms with van der Waals surface area (Å²) >= 11 is 0. The highest BCUT2D eigenvalue weighted by molar-refractivity contribution is 6.02. The summed E-state index contributed by atoms with van der Waals surface area (Å²) in [6, 6.07) is 0. The van der Waals surface area contributed by atoms with Gasteiger partial charge >= 0.3 is 5.97 Å². The van der Waals surface area contributed by atoms with Crippen molar-refractivity contribution in [3.05, 3.63) is 0 Å². The number of hydrogen-bond donors (Lipinski definition) is 0. The lowest BCUT2D eigenvalue weighted by Crippen LogP contribution is -2.54. The van der Waals surface area contributed by atoms with Crippen LogP contribution in [0.25, 0.3) is 0 Å². The van der Waals surface area contributed by atoms with Crippen molar-refractivity contribution >= 4 is 11.7 Å². The van der Waals surface area contributed by atoms with E-state index < -0.39 is 11.0 Å². The minimum absolute atomic E-state index is 0.185. The topological polar surface area (TPSA) is 47.9 Å². The van der Waals surface area contributed by atoms with Gasteiger partial charge in [-0.1, -0.05) is 25.9 Å². The van der Waals surface area contributed by atoms with E-state index in [2.05, 4.69) is 31.8 Å². The quantitative estimate of drug-likeness (QED) is 0.588. The maximum Gasteiger partial charge on any atom is 0.354 e. The van der Waals surface area contributed by atoms with Gasteiger partial charge < -0.3 is 9.57 Å². The number of carbonyl (C=O) groups excluding carboxylic acids is 1. The molecule has 20 heavy (non-hydrogen) atoms. The van der Waals surface area contributed by atoms with Crippen molar-refractivity contribution in [1.82, 2.24) is 0 Å². The van der Waals surface area contributed by atoms with Gasteiger partial charge in [0.05, 0.1) is 17.7 Å². The fourth-order valence-corrected chi connectivity index (χ4v) is 3.66. The molecule has 0 aromatic carbocycles. The number of rotatable bonds is 3. The van der Waals surface area contributed by atoms with Crippen molar-refractivity contribution < 1.29 is 14.4 Å². The molecule has 1 aliphatic heterocycles. The second kappa shape index (κ2) is 4.80. The largest absolute Gasteiger partial charge is 0.463 e. The first kappa shape index (κ1) is 14.9. The lowest BCUT2D eigenvalue weighted by atomic mass is 9.63. The first-order valence-electron chi connectivity index (χ1n) is 7.22. The van der Waals surface area contributed by atoms with Crippen LogP contribution in [0.3, 0.4) is 0 Å². The third kappa shape index (κ3) is 1.83. The zero-order valence-corrected chi connectivity index (χ0v) is 12.8. The Kier molecular flexibility index (Phi) is 3.58. The van der Waals surface area contributed by atoms with Gasteiger partial charge in [0.15, 0.2) is 0 Å². The van der Waals surface area contributed by atoms with Crippen molar-refractivity contribution in [3.8, 4) is 12.3 Å². The van der Waals surface area contributed by atoms with Crippen LogP contribution < -0.4 is 0 Å². The summed E-state index contributed by atoms with van der Waals surface area (Å²) in [6.45, 7) is 8.36. The third-order valence-electron chi connectivity index (χ3n) is 4.37. The molecule has 0 saturated heterocycles. The molecule has 2 rings (SSSR count). The number of ether oxygens (including phenoxy) is 1. The second-order valence-corrected chi connectivity index (χ2v) is 6.65. The first-order valence-corrected chi connectivity index (χ1v) is 7.22. The Labute approximate surface area is 120 Å². The summed E-state index contributed by atoms with van der Waals surface area (Å²) in [5.41, 5.74) is -0.812. The fraction of sp³-hybridized carbons (Fsp3) is 0.750. The first-order chi connectivity index (χ1) is 9.34. The molecule has 0 radical (unpaired) electrons. The predicted molar refractivity (Wildman–Crippen MR) is 77.1 cm³/mol. The Hall–Kier alpha value is -1.50. The van der Waals surface area contributed by atoms with Crippen LogP contribution in [-0.4, -0.2) is 23.9 Å². The fourth-order valence-electron chi connectivity index (χ4n) is 3.66. The van der Waals surface area contributed by atoms with E-state index in [1.165, 1.54) is 0 Å². The molecular formula is C16H23NO3. The SMILES string of the molecule is C#CCC12CCCC1(C(=O)OCC)ON=C2C(C)(C)C. The Balaban J connectivity index is 2.50. The number of fused-ring (bicyclic) bond motifs is 1. The highest BCUT2D eigenvalue weighted by Gasteiger charge is 2.70. The lowest BCUT2D eigenvalue weighted by molar-refractivity contribution is -0.177. The normalized spacial score (nSPS) is 32.0. The summed E-state index contributed by atoms with van der Waals surface area (Å²) < 4.78 is 5.26. The molecule has 0 aromatic heterocycles. The molecule has 2 atom stereocenters. The van der Waals surface area contributed by atoms with Gasteiger partial charge in [-0.3, -0.25) is 0 Å². The second-order valence-electron chi connectivity index (χ2n) is 6.65. The van der Waals surface area contributed by atoms with Gasteiger partial charge in [0.1, 0.15) is 0 Å². The number of esters is 1. The van der Waals surface area contributed by atoms with Crippen LogP contribution >= 0.6 is 0 Å². The number of nitrogens with zero attached hydrogens (tertiary/aromatic N) is 1. The van der Waals surface area contributed by atoms with Crippen molar-refractivity contribution in [2.24, 2.45) is 16.0 Å². The van der Waals surface area contributed by atoms with E-state index in [1.807, 2.05) is 0 Å². The number of carbonyl (C=O) groups is 1. The van der Waals surface area contributed by atoms with Crippen LogP contribution in [0.4, 0.5) is 0 Å². The molecule has 110 valence electrons. The average Bonchev–Trinajstić information content (AvgIpc) is 2.82. The molecule has 1 heterocycles. The van der Waals surface area contributed by atoms with Gasteiger partial charge in [-0.15, -0.1) is 12.3 Å². The molecule has 0 spiro atoms. The van der Waals surface area contributed by atoms with Crippen molar-refractivity contribution in [1.29, 1.82) is 0 Å². The van der Waals surface area contributed by atoms with E-state index in [9.17, 15) is 4.79 Å². The molecule has 0 amide bonds. The van der Waals surface area contributed by atoms with Gasteiger partial charge in [-0.25, -0.2) is 4.79 Å². The summed E-state index contributed by atoms with van der Waals surface area (Å²) in [5, 5.41) is 4.28. The molecule has 2 aliphatic rings. The smallest absolute Gasteiger partial charge is 0.354 e. The van der Waals surface area contributed by atoms with E-state index in [0.717, 1.165) is 18.6 Å². The maximum absolute atomic E-state index is 12.5. The average molecular weight is 277 g/mol. The summed E-state index contributed by atoms with van der Waals surface area (Å²) in [5.74, 6) is 2.40. The van der Waals surface area contributed by atoms with E-state index in [4.69, 9.17) is 16.0 Å². The van der Waals surface area contributed by atoms with Gasteiger partial charge in [0, 0.05) is 18.3 Å². The molecular weight excluding hydrogens is 254 g/mol. The van der Waals surface area contributed by atoms with Crippen molar-refractivity contribution in [2.75, 3.05) is 6.61 Å². The standard InChI is InChI=1S/C16H23NO3/c1-6-9-15-10-8-11-16(15,13(18)19-7-2)20-17-12(15)14(3,4)5/h1H,7-11H2,2-5H3. The van der Waals surface area contributed by atoms with E-state index in [-0.39, 0.29) is 11.4 Å². The summed E-state index contributed by atoms with van der Waals surface area (Å²) in [7, 11) is 0. The number of terminal acetylenes is 1. The van der Waals surface area contributed by atoms with Gasteiger partial charge in [0.2, 0.25) is 5.60 Å². The van der Waals surface area contributed by atoms with Crippen LogP contribution in [0.5, 0.6) is 0 Å². The molecule has 4 nitrogen and oxygen atoms in total. The molecule has 4 heteroatoms. The van der Waals surface area contributed by atoms with Crippen LogP contribution in [0.2, 0.25) is 0 Å². The Morgan fingerprint density at radius 2 is 2.20 bits per heavy atom. The van der Waals surface area contributed by atoms with Crippen LogP contribution in [-0.2, 0) is 14.4 Å². The molecule has 2 unspecified atom stereocenters. The Bertz CT molecular complexity index is 483. The summed E-state index contributed by atoms with van der Waals surface area (Å²) in [4.78, 5) is 18.2. The number of oxime groups is 1. The summed E-state index contributed by atoms with van der Waals surface area (Å²) in [6.07, 6.45) is 8.39. The molecule has 1 fully saturated rings. The monoisotopic (exact) mass is 277 g/mol. The third-order valence-corrected chi connectivity index (χ3v) is 4.37. The molecule has 1 aliphatic carbocycles. The van der Waals surface area contributed by atoms with Gasteiger partial charge in [-0.05, 0) is 19.8 Å². The van der Waals surface area contributed by atoms with E-state index in [1.54, 1.807) is 6.92 Å². The molecule has 0 N–H and O–H groups in total. The Morgan fingerprint density at radius 1 is 1.50 bits per heavy atom. The van der Waals surface area contributed by atoms with Crippen LogP contribution in [0.15, 0.2) is 5.16 Å². The molecule has 0 aromatic rings. The van der Waals surface area contributed by atoms with E-state index >= 15 is 0 Å². The zero-order valence-electron chi connectivity index (χ0n) is 12.8. The van der Waals surface area contributed by atoms with Gasteiger partial charge in [0.25, 0.3) is 0 Å². The molecule has 0 bridgehead atoms.